The Morgan fingerprint density at radius 3 is 2.29 bits per heavy atom. The fourth-order valence-electron chi connectivity index (χ4n) is 2.76. The molecular weight excluding hydrogens is 370 g/mol. The largest absolute Gasteiger partial charge is 0.497 e. The summed E-state index contributed by atoms with van der Waals surface area (Å²) in [6.07, 6.45) is 0. The van der Waals surface area contributed by atoms with E-state index in [9.17, 15) is 4.79 Å². The Morgan fingerprint density at radius 1 is 1.07 bits per heavy atom. The van der Waals surface area contributed by atoms with Gasteiger partial charge in [-0.05, 0) is 42.2 Å². The molecule has 0 saturated carbocycles. The minimum Gasteiger partial charge on any atom is -0.497 e. The number of thioether (sulfide) groups is 1. The highest BCUT2D eigenvalue weighted by Crippen LogP contribution is 2.27. The Bertz CT molecular complexity index is 941. The predicted molar refractivity (Wildman–Crippen MR) is 113 cm³/mol. The Kier molecular flexibility index (Phi) is 5.89. The van der Waals surface area contributed by atoms with Crippen LogP contribution in [0.5, 0.6) is 5.75 Å². The SMILES string of the molecule is COc1ccc(-c2nc(S[C@H](C)C(=O)c3ccc(C(C)(C)C)cc3)n[nH]2)cc1. The molecule has 0 fully saturated rings. The number of ketones is 1. The maximum Gasteiger partial charge on any atom is 0.209 e. The molecule has 0 aliphatic heterocycles. The lowest BCUT2D eigenvalue weighted by molar-refractivity contribution is 0.0994. The Morgan fingerprint density at radius 2 is 1.71 bits per heavy atom. The average Bonchev–Trinajstić information content (AvgIpc) is 3.15. The topological polar surface area (TPSA) is 67.9 Å². The highest BCUT2D eigenvalue weighted by atomic mass is 32.2. The third-order valence-electron chi connectivity index (χ3n) is 4.52. The van der Waals surface area contributed by atoms with E-state index in [0.717, 1.165) is 11.3 Å². The number of hydrogen-bond acceptors (Lipinski definition) is 5. The van der Waals surface area contributed by atoms with Gasteiger partial charge in [-0.25, -0.2) is 4.98 Å². The smallest absolute Gasteiger partial charge is 0.209 e. The third-order valence-corrected chi connectivity index (χ3v) is 5.48. The second-order valence-corrected chi connectivity index (χ2v) is 8.95. The van der Waals surface area contributed by atoms with Crippen LogP contribution in [-0.2, 0) is 5.41 Å². The molecule has 146 valence electrons. The maximum atomic E-state index is 12.8. The molecule has 0 saturated heterocycles. The lowest BCUT2D eigenvalue weighted by Crippen LogP contribution is -2.15. The monoisotopic (exact) mass is 395 g/mol. The van der Waals surface area contributed by atoms with Crippen LogP contribution in [-0.4, -0.2) is 33.3 Å². The molecule has 1 N–H and O–H groups in total. The van der Waals surface area contributed by atoms with Crippen LogP contribution < -0.4 is 4.74 Å². The zero-order valence-corrected chi connectivity index (χ0v) is 17.6. The van der Waals surface area contributed by atoms with Crippen molar-refractivity contribution in [2.24, 2.45) is 0 Å². The molecule has 28 heavy (non-hydrogen) atoms. The lowest BCUT2D eigenvalue weighted by atomic mass is 9.86. The molecule has 0 radical (unpaired) electrons. The maximum absolute atomic E-state index is 12.8. The van der Waals surface area contributed by atoms with E-state index in [4.69, 9.17) is 4.74 Å². The van der Waals surface area contributed by atoms with Crippen molar-refractivity contribution in [2.75, 3.05) is 7.11 Å². The van der Waals surface area contributed by atoms with Crippen LogP contribution >= 0.6 is 11.8 Å². The normalized spacial score (nSPS) is 12.6. The molecule has 2 aromatic carbocycles. The van der Waals surface area contributed by atoms with Gasteiger partial charge in [0.2, 0.25) is 5.16 Å². The van der Waals surface area contributed by atoms with Crippen LogP contribution in [0.3, 0.4) is 0 Å². The Balaban J connectivity index is 1.68. The van der Waals surface area contributed by atoms with E-state index >= 15 is 0 Å². The van der Waals surface area contributed by atoms with Gasteiger partial charge in [0.05, 0.1) is 12.4 Å². The van der Waals surface area contributed by atoms with Crippen molar-refractivity contribution in [3.63, 3.8) is 0 Å². The summed E-state index contributed by atoms with van der Waals surface area (Å²) in [6, 6.07) is 15.4. The Hall–Kier alpha value is -2.60. The van der Waals surface area contributed by atoms with Gasteiger partial charge < -0.3 is 4.74 Å². The third kappa shape index (κ3) is 4.62. The van der Waals surface area contributed by atoms with Gasteiger partial charge >= 0.3 is 0 Å². The first kappa shape index (κ1) is 20.1. The van der Waals surface area contributed by atoms with Crippen molar-refractivity contribution < 1.29 is 9.53 Å². The highest BCUT2D eigenvalue weighted by Gasteiger charge is 2.20. The zero-order chi connectivity index (χ0) is 20.3. The molecule has 1 aromatic heterocycles. The number of carbonyl (C=O) groups excluding carboxylic acids is 1. The van der Waals surface area contributed by atoms with E-state index in [1.165, 1.54) is 17.3 Å². The van der Waals surface area contributed by atoms with Crippen LogP contribution in [0.15, 0.2) is 53.7 Å². The summed E-state index contributed by atoms with van der Waals surface area (Å²) in [5.74, 6) is 1.52. The van der Waals surface area contributed by atoms with Crippen molar-refractivity contribution in [1.82, 2.24) is 15.2 Å². The number of H-pyrrole nitrogens is 1. The van der Waals surface area contributed by atoms with E-state index < -0.39 is 0 Å². The highest BCUT2D eigenvalue weighted by molar-refractivity contribution is 8.00. The summed E-state index contributed by atoms with van der Waals surface area (Å²) in [6.45, 7) is 8.36. The van der Waals surface area contributed by atoms with Gasteiger partial charge in [0.1, 0.15) is 5.75 Å². The number of benzene rings is 2. The lowest BCUT2D eigenvalue weighted by Gasteiger charge is -2.19. The fourth-order valence-corrected chi connectivity index (χ4v) is 3.56. The molecule has 1 atom stereocenters. The zero-order valence-electron chi connectivity index (χ0n) is 16.8. The second kappa shape index (κ2) is 8.19. The summed E-state index contributed by atoms with van der Waals surface area (Å²) in [7, 11) is 1.63. The number of rotatable bonds is 6. The van der Waals surface area contributed by atoms with Gasteiger partial charge in [-0.15, -0.1) is 5.10 Å². The molecular formula is C22H25N3O2S. The summed E-state index contributed by atoms with van der Waals surface area (Å²) in [5.41, 5.74) is 2.90. The molecule has 3 rings (SSSR count). The fraction of sp³-hybridized carbons (Fsp3) is 0.318. The molecule has 0 unspecified atom stereocenters. The van der Waals surface area contributed by atoms with Crippen molar-refractivity contribution in [3.05, 3.63) is 59.7 Å². The van der Waals surface area contributed by atoms with Crippen LogP contribution in [0, 0.1) is 0 Å². The summed E-state index contributed by atoms with van der Waals surface area (Å²) < 4.78 is 5.17. The van der Waals surface area contributed by atoms with E-state index in [-0.39, 0.29) is 16.4 Å². The first-order valence-electron chi connectivity index (χ1n) is 9.16. The van der Waals surface area contributed by atoms with Crippen LogP contribution in [0.1, 0.15) is 43.6 Å². The number of Topliss-reactive ketones (excluding diaryl/α,β-unsaturated/α-hetero) is 1. The van der Waals surface area contributed by atoms with E-state index in [0.29, 0.717) is 16.5 Å². The van der Waals surface area contributed by atoms with Crippen molar-refractivity contribution in [1.29, 1.82) is 0 Å². The summed E-state index contributed by atoms with van der Waals surface area (Å²) >= 11 is 1.35. The molecule has 0 spiro atoms. The van der Waals surface area contributed by atoms with Gasteiger partial charge in [-0.3, -0.25) is 9.89 Å². The first-order chi connectivity index (χ1) is 13.3. The number of ether oxygens (including phenoxy) is 1. The number of nitrogens with one attached hydrogen (secondary N) is 1. The first-order valence-corrected chi connectivity index (χ1v) is 10.0. The second-order valence-electron chi connectivity index (χ2n) is 7.65. The average molecular weight is 396 g/mol. The number of aromatic nitrogens is 3. The molecule has 1 heterocycles. The van der Waals surface area contributed by atoms with Crippen molar-refractivity contribution in [3.8, 4) is 17.1 Å². The summed E-state index contributed by atoms with van der Waals surface area (Å²) in [5, 5.41) is 7.45. The van der Waals surface area contributed by atoms with Gasteiger partial charge in [-0.1, -0.05) is 56.8 Å². The molecule has 3 aromatic rings. The number of carbonyl (C=O) groups is 1. The standard InChI is InChI=1S/C22H25N3O2S/c1-14(19(26)15-6-10-17(11-7-15)22(2,3)4)28-21-23-20(24-25-21)16-8-12-18(27-5)13-9-16/h6-14H,1-5H3,(H,23,24,25)/t14-/m1/s1. The van der Waals surface area contributed by atoms with E-state index in [1.54, 1.807) is 7.11 Å². The molecule has 5 nitrogen and oxygen atoms in total. The van der Waals surface area contributed by atoms with Gasteiger partial charge in [-0.2, -0.15) is 0 Å². The number of hydrogen-bond donors (Lipinski definition) is 1. The predicted octanol–water partition coefficient (Wildman–Crippen LogP) is 5.14. The van der Waals surface area contributed by atoms with Crippen LogP contribution in [0.4, 0.5) is 0 Å². The molecule has 6 heteroatoms. The molecule has 0 aliphatic rings. The summed E-state index contributed by atoms with van der Waals surface area (Å²) in [4.78, 5) is 17.3. The molecule has 0 aliphatic carbocycles. The molecule has 0 amide bonds. The molecule has 0 bridgehead atoms. The number of nitrogens with zero attached hydrogens (tertiary/aromatic N) is 2. The quantitative estimate of drug-likeness (QED) is 0.462. The van der Waals surface area contributed by atoms with Gasteiger partial charge in [0.25, 0.3) is 0 Å². The Labute approximate surface area is 169 Å². The minimum atomic E-state index is -0.278. The van der Waals surface area contributed by atoms with E-state index in [2.05, 4.69) is 36.0 Å². The van der Waals surface area contributed by atoms with Gasteiger partial charge in [0.15, 0.2) is 11.6 Å². The van der Waals surface area contributed by atoms with Crippen LogP contribution in [0.2, 0.25) is 0 Å². The van der Waals surface area contributed by atoms with Gasteiger partial charge in [0, 0.05) is 11.1 Å². The van der Waals surface area contributed by atoms with E-state index in [1.807, 2.05) is 55.5 Å². The number of aromatic amines is 1. The number of methoxy groups -OCH3 is 1. The van der Waals surface area contributed by atoms with Crippen molar-refractivity contribution in [2.45, 2.75) is 43.5 Å². The van der Waals surface area contributed by atoms with Crippen LogP contribution in [0.25, 0.3) is 11.4 Å². The minimum absolute atomic E-state index is 0.0682. The van der Waals surface area contributed by atoms with Crippen molar-refractivity contribution >= 4 is 17.5 Å².